The van der Waals surface area contributed by atoms with Crippen molar-refractivity contribution in [2.75, 3.05) is 19.7 Å². The fraction of sp³-hybridized carbons (Fsp3) is 0.870. The summed E-state index contributed by atoms with van der Waals surface area (Å²) >= 11 is 0. The molecule has 6 heteroatoms. The van der Waals surface area contributed by atoms with E-state index in [1.165, 1.54) is 0 Å². The molecule has 0 saturated carbocycles. The minimum absolute atomic E-state index is 0.185. The second kappa shape index (κ2) is 14.4. The molecule has 0 heterocycles. The Balaban J connectivity index is 4.19. The first-order valence-electron chi connectivity index (χ1n) is 11.3. The van der Waals surface area contributed by atoms with Crippen molar-refractivity contribution in [2.45, 2.75) is 87.0 Å². The van der Waals surface area contributed by atoms with Crippen LogP contribution < -0.4 is 10.6 Å². The predicted octanol–water partition coefficient (Wildman–Crippen LogP) is 4.08. The van der Waals surface area contributed by atoms with Crippen LogP contribution in [0.1, 0.15) is 87.0 Å². The molecule has 170 valence electrons. The minimum Gasteiger partial charge on any atom is -0.465 e. The molecule has 2 N–H and O–H groups in total. The number of esters is 1. The van der Waals surface area contributed by atoms with Gasteiger partial charge >= 0.3 is 17.8 Å². The standard InChI is InChI=1S/C23H44N2O4/c1-8-10-12-19(9-2)16-25-21(27)20(26)24-13-11-14-29-22(28)23(7,18(5)6)15-17(3)4/h17-19H,8-16H2,1-7H3,(H,24,26)(H,25,27). The Morgan fingerprint density at radius 2 is 1.59 bits per heavy atom. The number of carbonyl (C=O) groups is 3. The molecule has 0 fully saturated rings. The van der Waals surface area contributed by atoms with Crippen molar-refractivity contribution in [1.29, 1.82) is 0 Å². The van der Waals surface area contributed by atoms with Crippen molar-refractivity contribution >= 4 is 17.8 Å². The third-order valence-corrected chi connectivity index (χ3v) is 5.71. The molecule has 2 unspecified atom stereocenters. The third kappa shape index (κ3) is 10.7. The van der Waals surface area contributed by atoms with E-state index in [4.69, 9.17) is 4.74 Å². The normalized spacial score (nSPS) is 14.4. The van der Waals surface area contributed by atoms with Gasteiger partial charge in [-0.05, 0) is 43.9 Å². The molecular formula is C23H44N2O4. The van der Waals surface area contributed by atoms with E-state index in [-0.39, 0.29) is 18.5 Å². The van der Waals surface area contributed by atoms with Gasteiger partial charge < -0.3 is 15.4 Å². The van der Waals surface area contributed by atoms with E-state index in [9.17, 15) is 14.4 Å². The first kappa shape index (κ1) is 27.4. The quantitative estimate of drug-likeness (QED) is 0.256. The molecular weight excluding hydrogens is 368 g/mol. The number of carbonyl (C=O) groups excluding carboxylic acids is 3. The van der Waals surface area contributed by atoms with Crippen LogP contribution in [0.3, 0.4) is 0 Å². The van der Waals surface area contributed by atoms with Gasteiger partial charge in [-0.2, -0.15) is 0 Å². The highest BCUT2D eigenvalue weighted by Gasteiger charge is 2.38. The Labute approximate surface area is 177 Å². The molecule has 0 aliphatic rings. The number of amides is 2. The van der Waals surface area contributed by atoms with Gasteiger partial charge in [-0.3, -0.25) is 14.4 Å². The summed E-state index contributed by atoms with van der Waals surface area (Å²) in [6.45, 7) is 15.5. The number of unbranched alkanes of at least 4 members (excludes halogenated alkanes) is 1. The molecule has 6 nitrogen and oxygen atoms in total. The average molecular weight is 413 g/mol. The van der Waals surface area contributed by atoms with Crippen molar-refractivity contribution in [3.63, 3.8) is 0 Å². The molecule has 2 amide bonds. The molecule has 0 aromatic carbocycles. The van der Waals surface area contributed by atoms with Crippen LogP contribution >= 0.6 is 0 Å². The van der Waals surface area contributed by atoms with E-state index in [0.29, 0.717) is 31.3 Å². The highest BCUT2D eigenvalue weighted by atomic mass is 16.5. The van der Waals surface area contributed by atoms with Gasteiger partial charge in [0.2, 0.25) is 0 Å². The topological polar surface area (TPSA) is 84.5 Å². The Kier molecular flexibility index (Phi) is 13.6. The zero-order chi connectivity index (χ0) is 22.4. The smallest absolute Gasteiger partial charge is 0.312 e. The maximum atomic E-state index is 12.5. The predicted molar refractivity (Wildman–Crippen MR) is 117 cm³/mol. The van der Waals surface area contributed by atoms with E-state index in [1.807, 2.05) is 20.8 Å². The Bertz CT molecular complexity index is 505. The van der Waals surface area contributed by atoms with Crippen LogP contribution in [-0.2, 0) is 19.1 Å². The summed E-state index contributed by atoms with van der Waals surface area (Å²) in [6, 6.07) is 0. The number of ether oxygens (including phenoxy) is 1. The van der Waals surface area contributed by atoms with Crippen molar-refractivity contribution < 1.29 is 19.1 Å². The monoisotopic (exact) mass is 412 g/mol. The summed E-state index contributed by atoms with van der Waals surface area (Å²) < 4.78 is 5.45. The first-order chi connectivity index (χ1) is 13.6. The SMILES string of the molecule is CCCCC(CC)CNC(=O)C(=O)NCCCOC(=O)C(C)(CC(C)C)C(C)C. The lowest BCUT2D eigenvalue weighted by Gasteiger charge is -2.32. The van der Waals surface area contributed by atoms with Gasteiger partial charge in [0.15, 0.2) is 0 Å². The lowest BCUT2D eigenvalue weighted by molar-refractivity contribution is -0.159. The second-order valence-electron chi connectivity index (χ2n) is 9.04. The Hall–Kier alpha value is -1.59. The number of nitrogens with one attached hydrogen (secondary N) is 2. The van der Waals surface area contributed by atoms with Crippen LogP contribution in [0, 0.1) is 23.2 Å². The second-order valence-corrected chi connectivity index (χ2v) is 9.04. The minimum atomic E-state index is -0.631. The summed E-state index contributed by atoms with van der Waals surface area (Å²) in [5, 5.41) is 5.31. The fourth-order valence-electron chi connectivity index (χ4n) is 3.35. The van der Waals surface area contributed by atoms with Gasteiger partial charge in [-0.25, -0.2) is 0 Å². The summed E-state index contributed by atoms with van der Waals surface area (Å²) in [6.07, 6.45) is 5.56. The van der Waals surface area contributed by atoms with Crippen molar-refractivity contribution in [2.24, 2.45) is 23.2 Å². The third-order valence-electron chi connectivity index (χ3n) is 5.71. The fourth-order valence-corrected chi connectivity index (χ4v) is 3.35. The van der Waals surface area contributed by atoms with E-state index >= 15 is 0 Å². The number of hydrogen-bond acceptors (Lipinski definition) is 4. The largest absolute Gasteiger partial charge is 0.465 e. The maximum Gasteiger partial charge on any atom is 0.312 e. The van der Waals surface area contributed by atoms with Crippen LogP contribution in [0.25, 0.3) is 0 Å². The van der Waals surface area contributed by atoms with E-state index < -0.39 is 17.2 Å². The lowest BCUT2D eigenvalue weighted by Crippen LogP contribution is -2.42. The maximum absolute atomic E-state index is 12.5. The zero-order valence-corrected chi connectivity index (χ0v) is 19.7. The molecule has 0 aromatic rings. The summed E-state index contributed by atoms with van der Waals surface area (Å²) in [4.78, 5) is 36.3. The van der Waals surface area contributed by atoms with Crippen LogP contribution in [-0.4, -0.2) is 37.5 Å². The van der Waals surface area contributed by atoms with Crippen LogP contribution in [0.5, 0.6) is 0 Å². The van der Waals surface area contributed by atoms with E-state index in [2.05, 4.69) is 38.3 Å². The molecule has 0 saturated heterocycles. The Morgan fingerprint density at radius 3 is 2.10 bits per heavy atom. The molecule has 0 bridgehead atoms. The van der Waals surface area contributed by atoms with Gasteiger partial charge in [0.1, 0.15) is 0 Å². The molecule has 2 atom stereocenters. The van der Waals surface area contributed by atoms with Gasteiger partial charge in [0, 0.05) is 13.1 Å². The van der Waals surface area contributed by atoms with Gasteiger partial charge in [-0.15, -0.1) is 0 Å². The number of hydrogen-bond donors (Lipinski definition) is 2. The van der Waals surface area contributed by atoms with Crippen LogP contribution in [0.15, 0.2) is 0 Å². The van der Waals surface area contributed by atoms with Gasteiger partial charge in [0.25, 0.3) is 0 Å². The molecule has 29 heavy (non-hydrogen) atoms. The highest BCUT2D eigenvalue weighted by molar-refractivity contribution is 6.35. The van der Waals surface area contributed by atoms with Crippen molar-refractivity contribution in [3.05, 3.63) is 0 Å². The average Bonchev–Trinajstić information content (AvgIpc) is 2.66. The molecule has 0 radical (unpaired) electrons. The molecule has 0 aromatic heterocycles. The lowest BCUT2D eigenvalue weighted by atomic mass is 9.73. The Morgan fingerprint density at radius 1 is 0.966 bits per heavy atom. The summed E-state index contributed by atoms with van der Waals surface area (Å²) in [5.74, 6) is -0.419. The first-order valence-corrected chi connectivity index (χ1v) is 11.3. The molecule has 0 rings (SSSR count). The zero-order valence-electron chi connectivity index (χ0n) is 19.7. The molecule has 0 aliphatic carbocycles. The summed E-state index contributed by atoms with van der Waals surface area (Å²) in [7, 11) is 0. The molecule has 0 spiro atoms. The van der Waals surface area contributed by atoms with Gasteiger partial charge in [0.05, 0.1) is 12.0 Å². The number of rotatable bonds is 14. The summed E-state index contributed by atoms with van der Waals surface area (Å²) in [5.41, 5.74) is -0.509. The highest BCUT2D eigenvalue weighted by Crippen LogP contribution is 2.35. The van der Waals surface area contributed by atoms with Crippen molar-refractivity contribution in [1.82, 2.24) is 10.6 Å². The van der Waals surface area contributed by atoms with Gasteiger partial charge in [-0.1, -0.05) is 60.8 Å². The van der Waals surface area contributed by atoms with Crippen LogP contribution in [0.2, 0.25) is 0 Å². The van der Waals surface area contributed by atoms with Crippen molar-refractivity contribution in [3.8, 4) is 0 Å². The van der Waals surface area contributed by atoms with E-state index in [1.54, 1.807) is 0 Å². The van der Waals surface area contributed by atoms with E-state index in [0.717, 1.165) is 32.1 Å². The molecule has 0 aliphatic heterocycles. The van der Waals surface area contributed by atoms with Crippen LogP contribution in [0.4, 0.5) is 0 Å².